The second kappa shape index (κ2) is 6.94. The molecule has 0 bridgehead atoms. The SMILES string of the molecule is Cc1cc([N+](=O)[O-])ccc1-c1ccc(/C=C2/SC(=S)N(C(C)(C)C)C2=O)o1. The first-order valence-electron chi connectivity index (χ1n) is 8.21. The molecule has 0 N–H and O–H groups in total. The maximum Gasteiger partial charge on any atom is 0.269 e. The number of hydrogen-bond acceptors (Lipinski definition) is 6. The van der Waals surface area contributed by atoms with Crippen molar-refractivity contribution in [1.82, 2.24) is 4.90 Å². The zero-order valence-corrected chi connectivity index (χ0v) is 16.9. The zero-order chi connectivity index (χ0) is 19.9. The molecule has 140 valence electrons. The predicted molar refractivity (Wildman–Crippen MR) is 110 cm³/mol. The summed E-state index contributed by atoms with van der Waals surface area (Å²) >= 11 is 6.58. The molecule has 0 unspecified atom stereocenters. The molecule has 6 nitrogen and oxygen atoms in total. The molecule has 1 aliphatic rings. The number of benzene rings is 1. The Hall–Kier alpha value is -2.45. The number of hydrogen-bond donors (Lipinski definition) is 0. The number of nitrogens with zero attached hydrogens (tertiary/aromatic N) is 2. The van der Waals surface area contributed by atoms with Crippen molar-refractivity contribution >= 4 is 46.0 Å². The average molecular weight is 402 g/mol. The number of thioether (sulfide) groups is 1. The van der Waals surface area contributed by atoms with E-state index < -0.39 is 4.92 Å². The molecule has 0 saturated carbocycles. The van der Waals surface area contributed by atoms with Crippen LogP contribution in [0.4, 0.5) is 5.69 Å². The Balaban J connectivity index is 1.89. The number of carbonyl (C=O) groups is 1. The molecule has 0 atom stereocenters. The molecule has 2 aromatic rings. The maximum atomic E-state index is 12.6. The first-order chi connectivity index (χ1) is 12.6. The topological polar surface area (TPSA) is 76.6 Å². The second-order valence-electron chi connectivity index (χ2n) is 7.15. The maximum absolute atomic E-state index is 12.6. The predicted octanol–water partition coefficient (Wildman–Crippen LogP) is 5.16. The number of thiocarbonyl (C=S) groups is 1. The Labute approximate surface area is 166 Å². The summed E-state index contributed by atoms with van der Waals surface area (Å²) in [7, 11) is 0. The van der Waals surface area contributed by atoms with Crippen LogP contribution in [0, 0.1) is 17.0 Å². The average Bonchev–Trinajstić information content (AvgIpc) is 3.11. The highest BCUT2D eigenvalue weighted by Crippen LogP contribution is 2.37. The Morgan fingerprint density at radius 1 is 1.26 bits per heavy atom. The first kappa shape index (κ1) is 19.3. The minimum atomic E-state index is -0.429. The molecule has 27 heavy (non-hydrogen) atoms. The third kappa shape index (κ3) is 3.81. The van der Waals surface area contributed by atoms with Crippen LogP contribution < -0.4 is 0 Å². The molecule has 8 heteroatoms. The van der Waals surface area contributed by atoms with Gasteiger partial charge in [0.2, 0.25) is 0 Å². The number of amides is 1. The van der Waals surface area contributed by atoms with E-state index in [4.69, 9.17) is 16.6 Å². The van der Waals surface area contributed by atoms with E-state index in [0.717, 1.165) is 11.1 Å². The lowest BCUT2D eigenvalue weighted by atomic mass is 10.1. The number of aryl methyl sites for hydroxylation is 1. The van der Waals surface area contributed by atoms with Gasteiger partial charge in [0.15, 0.2) is 0 Å². The van der Waals surface area contributed by atoms with Gasteiger partial charge in [0.05, 0.1) is 9.83 Å². The van der Waals surface area contributed by atoms with E-state index in [1.807, 2.05) is 20.8 Å². The third-order valence-electron chi connectivity index (χ3n) is 4.05. The lowest BCUT2D eigenvalue weighted by molar-refractivity contribution is -0.384. The lowest BCUT2D eigenvalue weighted by Crippen LogP contribution is -2.44. The van der Waals surface area contributed by atoms with Crippen LogP contribution in [0.3, 0.4) is 0 Å². The first-order valence-corrected chi connectivity index (χ1v) is 9.44. The quantitative estimate of drug-likeness (QED) is 0.305. The van der Waals surface area contributed by atoms with Crippen molar-refractivity contribution in [2.75, 3.05) is 0 Å². The Bertz CT molecular complexity index is 986. The van der Waals surface area contributed by atoms with Crippen molar-refractivity contribution in [2.24, 2.45) is 0 Å². The fourth-order valence-corrected chi connectivity index (χ4v) is 4.40. The van der Waals surface area contributed by atoms with Crippen molar-refractivity contribution in [3.05, 3.63) is 56.7 Å². The molecular weight excluding hydrogens is 384 g/mol. The number of furan rings is 1. The smallest absolute Gasteiger partial charge is 0.269 e. The van der Waals surface area contributed by atoms with E-state index in [-0.39, 0.29) is 17.1 Å². The van der Waals surface area contributed by atoms with E-state index in [9.17, 15) is 14.9 Å². The number of rotatable bonds is 3. The van der Waals surface area contributed by atoms with Crippen LogP contribution in [-0.2, 0) is 4.79 Å². The molecule has 1 fully saturated rings. The molecule has 1 aromatic heterocycles. The molecule has 0 spiro atoms. The van der Waals surface area contributed by atoms with Gasteiger partial charge in [-0.1, -0.05) is 24.0 Å². The second-order valence-corrected chi connectivity index (χ2v) is 8.82. The van der Waals surface area contributed by atoms with Crippen molar-refractivity contribution in [3.8, 4) is 11.3 Å². The minimum absolute atomic E-state index is 0.0360. The molecule has 3 rings (SSSR count). The minimum Gasteiger partial charge on any atom is -0.457 e. The third-order valence-corrected chi connectivity index (χ3v) is 5.35. The van der Waals surface area contributed by atoms with Crippen LogP contribution in [0.2, 0.25) is 0 Å². The summed E-state index contributed by atoms with van der Waals surface area (Å²) in [4.78, 5) is 25.2. The van der Waals surface area contributed by atoms with Gasteiger partial charge in [-0.2, -0.15) is 0 Å². The Morgan fingerprint density at radius 3 is 2.52 bits per heavy atom. The zero-order valence-electron chi connectivity index (χ0n) is 15.3. The normalized spacial score (nSPS) is 16.4. The van der Waals surface area contributed by atoms with Crippen LogP contribution in [0.5, 0.6) is 0 Å². The summed E-state index contributed by atoms with van der Waals surface area (Å²) in [6.45, 7) is 7.59. The molecule has 1 amide bonds. The van der Waals surface area contributed by atoms with Crippen LogP contribution in [0.25, 0.3) is 17.4 Å². The van der Waals surface area contributed by atoms with Crippen LogP contribution >= 0.6 is 24.0 Å². The molecule has 2 heterocycles. The van der Waals surface area contributed by atoms with E-state index in [1.165, 1.54) is 23.9 Å². The fourth-order valence-electron chi connectivity index (χ4n) is 2.79. The van der Waals surface area contributed by atoms with Gasteiger partial charge in [-0.15, -0.1) is 0 Å². The summed E-state index contributed by atoms with van der Waals surface area (Å²) in [5.74, 6) is 0.971. The Morgan fingerprint density at radius 2 is 1.96 bits per heavy atom. The van der Waals surface area contributed by atoms with Crippen molar-refractivity contribution in [2.45, 2.75) is 33.2 Å². The summed E-state index contributed by atoms with van der Waals surface area (Å²) in [6, 6.07) is 8.16. The lowest BCUT2D eigenvalue weighted by Gasteiger charge is -2.30. The van der Waals surface area contributed by atoms with Crippen LogP contribution in [0.1, 0.15) is 32.1 Å². The molecule has 0 radical (unpaired) electrons. The summed E-state index contributed by atoms with van der Waals surface area (Å²) in [6.07, 6.45) is 1.68. The largest absolute Gasteiger partial charge is 0.457 e. The summed E-state index contributed by atoms with van der Waals surface area (Å²) in [5, 5.41) is 10.9. The van der Waals surface area contributed by atoms with Gasteiger partial charge in [-0.3, -0.25) is 19.8 Å². The van der Waals surface area contributed by atoms with Gasteiger partial charge in [0, 0.05) is 29.3 Å². The summed E-state index contributed by atoms with van der Waals surface area (Å²) in [5.41, 5.74) is 1.15. The molecule has 0 aliphatic carbocycles. The molecule has 1 aromatic carbocycles. The van der Waals surface area contributed by atoms with Gasteiger partial charge >= 0.3 is 0 Å². The van der Waals surface area contributed by atoms with E-state index >= 15 is 0 Å². The molecular formula is C19H18N2O4S2. The van der Waals surface area contributed by atoms with Gasteiger partial charge < -0.3 is 4.42 Å². The highest BCUT2D eigenvalue weighted by molar-refractivity contribution is 8.26. The number of nitro benzene ring substituents is 1. The Kier molecular flexibility index (Phi) is 4.96. The van der Waals surface area contributed by atoms with E-state index in [2.05, 4.69) is 0 Å². The monoisotopic (exact) mass is 402 g/mol. The standard InChI is InChI=1S/C19H18N2O4S2/c1-11-9-12(21(23)24)5-7-14(11)15-8-6-13(25-15)10-16-17(22)20(18(26)27-16)19(2,3)4/h5-10H,1-4H3/b16-10+. The summed E-state index contributed by atoms with van der Waals surface area (Å²) < 4.78 is 6.37. The van der Waals surface area contributed by atoms with Gasteiger partial charge in [0.25, 0.3) is 11.6 Å². The van der Waals surface area contributed by atoms with Crippen molar-refractivity contribution < 1.29 is 14.1 Å². The van der Waals surface area contributed by atoms with Crippen molar-refractivity contribution in [1.29, 1.82) is 0 Å². The highest BCUT2D eigenvalue weighted by atomic mass is 32.2. The van der Waals surface area contributed by atoms with E-state index in [1.54, 1.807) is 36.1 Å². The van der Waals surface area contributed by atoms with Gasteiger partial charge in [0.1, 0.15) is 15.8 Å². The number of nitro groups is 1. The van der Waals surface area contributed by atoms with Crippen LogP contribution in [-0.4, -0.2) is 25.6 Å². The van der Waals surface area contributed by atoms with Gasteiger partial charge in [-0.05, 0) is 51.5 Å². The number of non-ortho nitro benzene ring substituents is 1. The fraction of sp³-hybridized carbons (Fsp3) is 0.263. The highest BCUT2D eigenvalue weighted by Gasteiger charge is 2.39. The molecule has 1 aliphatic heterocycles. The van der Waals surface area contributed by atoms with Crippen molar-refractivity contribution in [3.63, 3.8) is 0 Å². The van der Waals surface area contributed by atoms with Gasteiger partial charge in [-0.25, -0.2) is 0 Å². The van der Waals surface area contributed by atoms with E-state index in [0.29, 0.717) is 20.7 Å². The van der Waals surface area contributed by atoms with Crippen LogP contribution in [0.15, 0.2) is 39.7 Å². The molecule has 1 saturated heterocycles. The number of carbonyl (C=O) groups excluding carboxylic acids is 1.